The number of carboxylic acids is 1. The minimum absolute atomic E-state index is 0.0435. The molecular weight excluding hydrogens is 294 g/mol. The Kier molecular flexibility index (Phi) is 6.59. The third-order valence-corrected chi connectivity index (χ3v) is 4.62. The van der Waals surface area contributed by atoms with Crippen molar-refractivity contribution >= 4 is 11.9 Å². The van der Waals surface area contributed by atoms with Crippen molar-refractivity contribution in [2.45, 2.75) is 50.5 Å². The van der Waals surface area contributed by atoms with Crippen LogP contribution in [0.3, 0.4) is 0 Å². The van der Waals surface area contributed by atoms with E-state index in [1.54, 1.807) is 0 Å². The molecule has 1 saturated carbocycles. The van der Waals surface area contributed by atoms with Gasteiger partial charge in [0.25, 0.3) is 0 Å². The van der Waals surface area contributed by atoms with Crippen molar-refractivity contribution in [1.29, 1.82) is 0 Å². The van der Waals surface area contributed by atoms with Crippen molar-refractivity contribution in [1.82, 2.24) is 5.32 Å². The minimum atomic E-state index is -1.41. The Hall–Kier alpha value is -1.88. The van der Waals surface area contributed by atoms with Gasteiger partial charge in [-0.15, -0.1) is 0 Å². The van der Waals surface area contributed by atoms with Crippen LogP contribution in [0.4, 0.5) is 0 Å². The van der Waals surface area contributed by atoms with E-state index in [0.717, 1.165) is 25.7 Å². The Bertz CT molecular complexity index is 509. The highest BCUT2D eigenvalue weighted by Gasteiger charge is 2.24. The smallest absolute Gasteiger partial charge is 0.332 e. The Morgan fingerprint density at radius 3 is 2.39 bits per heavy atom. The molecule has 0 aromatic heterocycles. The highest BCUT2D eigenvalue weighted by atomic mass is 16.4. The normalized spacial score (nSPS) is 22.3. The summed E-state index contributed by atoms with van der Waals surface area (Å²) in [6, 6.07) is 10.5. The van der Waals surface area contributed by atoms with Crippen molar-refractivity contribution < 1.29 is 19.8 Å². The highest BCUT2D eigenvalue weighted by molar-refractivity contribution is 5.76. The average molecular weight is 319 g/mol. The minimum Gasteiger partial charge on any atom is -0.479 e. The fourth-order valence-electron chi connectivity index (χ4n) is 3.23. The first-order chi connectivity index (χ1) is 11.1. The van der Waals surface area contributed by atoms with Crippen LogP contribution in [0.15, 0.2) is 30.3 Å². The third kappa shape index (κ3) is 5.67. The number of carbonyl (C=O) groups excluding carboxylic acids is 1. The van der Waals surface area contributed by atoms with E-state index in [1.165, 1.54) is 5.56 Å². The maximum absolute atomic E-state index is 11.9. The van der Waals surface area contributed by atoms with E-state index in [4.69, 9.17) is 10.2 Å². The summed E-state index contributed by atoms with van der Waals surface area (Å²) in [4.78, 5) is 22.4. The lowest BCUT2D eigenvalue weighted by Crippen LogP contribution is -2.31. The second kappa shape index (κ2) is 8.67. The molecule has 1 atom stereocenters. The summed E-state index contributed by atoms with van der Waals surface area (Å²) in [7, 11) is 0. The van der Waals surface area contributed by atoms with Gasteiger partial charge in [-0.25, -0.2) is 4.79 Å². The molecule has 1 aliphatic carbocycles. The molecule has 5 heteroatoms. The highest BCUT2D eigenvalue weighted by Crippen LogP contribution is 2.36. The van der Waals surface area contributed by atoms with E-state index in [0.29, 0.717) is 18.3 Å². The van der Waals surface area contributed by atoms with Crippen LogP contribution in [0.1, 0.15) is 50.0 Å². The molecule has 1 amide bonds. The van der Waals surface area contributed by atoms with Gasteiger partial charge in [0.2, 0.25) is 5.91 Å². The van der Waals surface area contributed by atoms with Crippen LogP contribution in [-0.2, 0) is 9.59 Å². The van der Waals surface area contributed by atoms with Gasteiger partial charge in [0.15, 0.2) is 6.10 Å². The van der Waals surface area contributed by atoms with Crippen LogP contribution in [0.5, 0.6) is 0 Å². The van der Waals surface area contributed by atoms with Crippen LogP contribution >= 0.6 is 0 Å². The second-order valence-corrected chi connectivity index (χ2v) is 6.33. The van der Waals surface area contributed by atoms with Gasteiger partial charge in [-0.2, -0.15) is 0 Å². The molecule has 0 saturated heterocycles. The largest absolute Gasteiger partial charge is 0.479 e. The number of nitrogens with one attached hydrogen (secondary N) is 1. The van der Waals surface area contributed by atoms with Crippen LogP contribution in [0.25, 0.3) is 0 Å². The van der Waals surface area contributed by atoms with Gasteiger partial charge < -0.3 is 15.5 Å². The SMILES string of the molecule is O=C(CC1CCC(c2ccccc2)CC1)NCC[C@H](O)C(=O)O. The fourth-order valence-corrected chi connectivity index (χ4v) is 3.23. The molecule has 0 radical (unpaired) electrons. The maximum Gasteiger partial charge on any atom is 0.332 e. The summed E-state index contributed by atoms with van der Waals surface area (Å²) < 4.78 is 0. The molecule has 0 spiro atoms. The number of carbonyl (C=O) groups is 2. The molecule has 0 aliphatic heterocycles. The number of aliphatic hydroxyl groups excluding tert-OH is 1. The van der Waals surface area contributed by atoms with Crippen molar-refractivity contribution in [3.8, 4) is 0 Å². The van der Waals surface area contributed by atoms with Crippen molar-refractivity contribution in [2.75, 3.05) is 6.54 Å². The Labute approximate surface area is 136 Å². The number of hydrogen-bond donors (Lipinski definition) is 3. The number of hydrogen-bond acceptors (Lipinski definition) is 3. The number of carboxylic acid groups (broad SMARTS) is 1. The summed E-state index contributed by atoms with van der Waals surface area (Å²) in [5.74, 6) is -0.301. The topological polar surface area (TPSA) is 86.6 Å². The Balaban J connectivity index is 1.66. The quantitative estimate of drug-likeness (QED) is 0.720. The molecule has 1 aromatic rings. The lowest BCUT2D eigenvalue weighted by molar-refractivity contribution is -0.147. The summed E-state index contributed by atoms with van der Waals surface area (Å²) in [6.45, 7) is 0.200. The summed E-state index contributed by atoms with van der Waals surface area (Å²) in [6.07, 6.45) is 3.44. The molecule has 23 heavy (non-hydrogen) atoms. The van der Waals surface area contributed by atoms with Crippen molar-refractivity contribution in [2.24, 2.45) is 5.92 Å². The lowest BCUT2D eigenvalue weighted by Gasteiger charge is -2.28. The van der Waals surface area contributed by atoms with E-state index in [1.807, 2.05) is 6.07 Å². The van der Waals surface area contributed by atoms with Gasteiger partial charge in [-0.1, -0.05) is 30.3 Å². The first kappa shape index (κ1) is 17.5. The molecule has 126 valence electrons. The number of aliphatic carboxylic acids is 1. The molecule has 3 N–H and O–H groups in total. The van der Waals surface area contributed by atoms with Gasteiger partial charge in [0, 0.05) is 19.4 Å². The van der Waals surface area contributed by atoms with Gasteiger partial charge in [0.05, 0.1) is 0 Å². The predicted octanol–water partition coefficient (Wildman–Crippen LogP) is 2.30. The fraction of sp³-hybridized carbons (Fsp3) is 0.556. The lowest BCUT2D eigenvalue weighted by atomic mass is 9.77. The molecule has 0 unspecified atom stereocenters. The number of rotatable bonds is 7. The number of benzene rings is 1. The van der Waals surface area contributed by atoms with E-state index < -0.39 is 12.1 Å². The standard InChI is InChI=1S/C18H25NO4/c20-16(18(22)23)10-11-19-17(21)12-13-6-8-15(9-7-13)14-4-2-1-3-5-14/h1-5,13,15-16,20H,6-12H2,(H,19,21)(H,22,23)/t13?,15?,16-/m0/s1. The van der Waals surface area contributed by atoms with Gasteiger partial charge in [-0.05, 0) is 43.1 Å². The Morgan fingerprint density at radius 1 is 1.13 bits per heavy atom. The molecule has 1 fully saturated rings. The maximum atomic E-state index is 11.9. The van der Waals surface area contributed by atoms with Gasteiger partial charge >= 0.3 is 5.97 Å². The number of aliphatic hydroxyl groups is 1. The zero-order valence-electron chi connectivity index (χ0n) is 13.3. The van der Waals surface area contributed by atoms with E-state index in [9.17, 15) is 9.59 Å². The summed E-state index contributed by atoms with van der Waals surface area (Å²) in [5, 5.41) is 20.4. The molecule has 0 bridgehead atoms. The average Bonchev–Trinajstić information content (AvgIpc) is 2.56. The third-order valence-electron chi connectivity index (χ3n) is 4.62. The van der Waals surface area contributed by atoms with E-state index in [2.05, 4.69) is 29.6 Å². The van der Waals surface area contributed by atoms with Crippen molar-refractivity contribution in [3.63, 3.8) is 0 Å². The molecule has 1 aliphatic rings. The van der Waals surface area contributed by atoms with E-state index in [-0.39, 0.29) is 18.9 Å². The number of amides is 1. The summed E-state index contributed by atoms with van der Waals surface area (Å²) in [5.41, 5.74) is 1.39. The molecule has 1 aromatic carbocycles. The molecule has 0 heterocycles. The van der Waals surface area contributed by atoms with Crippen LogP contribution in [-0.4, -0.2) is 34.7 Å². The molecule has 2 rings (SSSR count). The van der Waals surface area contributed by atoms with Crippen LogP contribution in [0.2, 0.25) is 0 Å². The van der Waals surface area contributed by atoms with Gasteiger partial charge in [0.1, 0.15) is 0 Å². The monoisotopic (exact) mass is 319 g/mol. The van der Waals surface area contributed by atoms with Crippen LogP contribution in [0, 0.1) is 5.92 Å². The van der Waals surface area contributed by atoms with Gasteiger partial charge in [-0.3, -0.25) is 4.79 Å². The van der Waals surface area contributed by atoms with E-state index >= 15 is 0 Å². The first-order valence-electron chi connectivity index (χ1n) is 8.28. The second-order valence-electron chi connectivity index (χ2n) is 6.33. The first-order valence-corrected chi connectivity index (χ1v) is 8.28. The Morgan fingerprint density at radius 2 is 1.78 bits per heavy atom. The zero-order valence-corrected chi connectivity index (χ0v) is 13.3. The predicted molar refractivity (Wildman–Crippen MR) is 87.0 cm³/mol. The molecular formula is C18H25NO4. The zero-order chi connectivity index (χ0) is 16.7. The van der Waals surface area contributed by atoms with Crippen LogP contribution < -0.4 is 5.32 Å². The molecule has 5 nitrogen and oxygen atoms in total. The summed E-state index contributed by atoms with van der Waals surface area (Å²) >= 11 is 0. The van der Waals surface area contributed by atoms with Crippen molar-refractivity contribution in [3.05, 3.63) is 35.9 Å².